The Kier molecular flexibility index (Phi) is 7.47. The number of benzene rings is 2. The first kappa shape index (κ1) is 20.7. The molecule has 0 saturated carbocycles. The van der Waals surface area contributed by atoms with Gasteiger partial charge in [0.1, 0.15) is 5.75 Å². The van der Waals surface area contributed by atoms with Crippen molar-refractivity contribution < 1.29 is 19.1 Å². The lowest BCUT2D eigenvalue weighted by molar-refractivity contribution is -0.124. The number of imide groups is 1. The molecule has 0 aliphatic carbocycles. The molecule has 2 aromatic rings. The summed E-state index contributed by atoms with van der Waals surface area (Å²) in [6.07, 6.45) is 2.61. The third kappa shape index (κ3) is 6.22. The lowest BCUT2D eigenvalue weighted by Gasteiger charge is -2.13. The van der Waals surface area contributed by atoms with E-state index in [0.29, 0.717) is 24.4 Å². The Hall–Kier alpha value is -3.06. The van der Waals surface area contributed by atoms with Crippen LogP contribution in [0.5, 0.6) is 5.75 Å². The van der Waals surface area contributed by atoms with Crippen molar-refractivity contribution in [2.45, 2.75) is 12.8 Å². The number of rotatable bonds is 9. The number of nitrogens with zero attached hydrogens (tertiary/aromatic N) is 1. The van der Waals surface area contributed by atoms with Gasteiger partial charge in [-0.2, -0.15) is 0 Å². The predicted molar refractivity (Wildman–Crippen MR) is 113 cm³/mol. The molecular weight excluding hydrogens is 388 g/mol. The van der Waals surface area contributed by atoms with Gasteiger partial charge in [0.25, 0.3) is 11.1 Å². The summed E-state index contributed by atoms with van der Waals surface area (Å²) >= 11 is 0.920. The Balaban J connectivity index is 1.37. The van der Waals surface area contributed by atoms with Gasteiger partial charge in [-0.1, -0.05) is 48.5 Å². The molecule has 1 aliphatic rings. The van der Waals surface area contributed by atoms with Gasteiger partial charge in [-0.3, -0.25) is 19.3 Å². The van der Waals surface area contributed by atoms with Crippen molar-refractivity contribution >= 4 is 34.9 Å². The second-order valence-corrected chi connectivity index (χ2v) is 7.35. The van der Waals surface area contributed by atoms with E-state index < -0.39 is 0 Å². The standard InChI is InChI=1S/C22H22N2O4S/c25-20(12-7-15-28-18-10-5-2-6-11-18)23-13-14-24-21(26)19(29-22(24)27)16-17-8-3-1-4-9-17/h1-6,8-11,16H,7,12-15H2,(H,23,25)/b19-16-. The van der Waals surface area contributed by atoms with Crippen molar-refractivity contribution in [2.24, 2.45) is 0 Å². The third-order valence-electron chi connectivity index (χ3n) is 4.19. The zero-order valence-electron chi connectivity index (χ0n) is 15.9. The number of ether oxygens (including phenoxy) is 1. The molecule has 1 N–H and O–H groups in total. The molecule has 29 heavy (non-hydrogen) atoms. The van der Waals surface area contributed by atoms with Crippen molar-refractivity contribution in [2.75, 3.05) is 19.7 Å². The molecule has 1 saturated heterocycles. The van der Waals surface area contributed by atoms with E-state index >= 15 is 0 Å². The normalized spacial score (nSPS) is 15.0. The van der Waals surface area contributed by atoms with Crippen LogP contribution in [-0.2, 0) is 9.59 Å². The molecule has 6 nitrogen and oxygen atoms in total. The van der Waals surface area contributed by atoms with Gasteiger partial charge in [0, 0.05) is 19.5 Å². The average molecular weight is 410 g/mol. The first-order chi connectivity index (χ1) is 14.1. The van der Waals surface area contributed by atoms with Gasteiger partial charge in [-0.05, 0) is 42.0 Å². The topological polar surface area (TPSA) is 75.7 Å². The molecule has 150 valence electrons. The SMILES string of the molecule is O=C(CCCOc1ccccc1)NCCN1C(=O)S/C(=C\c2ccccc2)C1=O. The van der Waals surface area contributed by atoms with Crippen LogP contribution in [0.25, 0.3) is 6.08 Å². The first-order valence-electron chi connectivity index (χ1n) is 9.38. The van der Waals surface area contributed by atoms with E-state index in [0.717, 1.165) is 28.0 Å². The monoisotopic (exact) mass is 410 g/mol. The molecule has 0 bridgehead atoms. The molecule has 3 amide bonds. The number of para-hydroxylation sites is 1. The van der Waals surface area contributed by atoms with E-state index in [-0.39, 0.29) is 30.1 Å². The van der Waals surface area contributed by atoms with E-state index in [1.807, 2.05) is 60.7 Å². The first-order valence-corrected chi connectivity index (χ1v) is 10.2. The van der Waals surface area contributed by atoms with Crippen molar-refractivity contribution in [3.8, 4) is 5.75 Å². The summed E-state index contributed by atoms with van der Waals surface area (Å²) < 4.78 is 5.54. The van der Waals surface area contributed by atoms with Crippen LogP contribution >= 0.6 is 11.8 Å². The molecule has 3 rings (SSSR count). The van der Waals surface area contributed by atoms with Crippen LogP contribution in [0.1, 0.15) is 18.4 Å². The van der Waals surface area contributed by atoms with Gasteiger partial charge in [0.05, 0.1) is 11.5 Å². The minimum absolute atomic E-state index is 0.131. The number of hydrogen-bond donors (Lipinski definition) is 1. The van der Waals surface area contributed by atoms with Gasteiger partial charge >= 0.3 is 0 Å². The second kappa shape index (κ2) is 10.5. The van der Waals surface area contributed by atoms with Gasteiger partial charge < -0.3 is 10.1 Å². The van der Waals surface area contributed by atoms with E-state index in [2.05, 4.69) is 5.32 Å². The van der Waals surface area contributed by atoms with E-state index in [1.165, 1.54) is 0 Å². The fraction of sp³-hybridized carbons (Fsp3) is 0.227. The second-order valence-electron chi connectivity index (χ2n) is 6.36. The van der Waals surface area contributed by atoms with Crippen LogP contribution in [0.2, 0.25) is 0 Å². The van der Waals surface area contributed by atoms with Gasteiger partial charge in [-0.25, -0.2) is 0 Å². The zero-order valence-corrected chi connectivity index (χ0v) is 16.7. The minimum atomic E-state index is -0.325. The summed E-state index contributed by atoms with van der Waals surface area (Å²) in [5.74, 6) is 0.318. The highest BCUT2D eigenvalue weighted by atomic mass is 32.2. The fourth-order valence-corrected chi connectivity index (χ4v) is 3.59. The van der Waals surface area contributed by atoms with Crippen LogP contribution in [0.15, 0.2) is 65.6 Å². The average Bonchev–Trinajstić information content (AvgIpc) is 3.00. The molecular formula is C22H22N2O4S. The summed E-state index contributed by atoms with van der Waals surface area (Å²) in [6, 6.07) is 18.8. The molecule has 2 aromatic carbocycles. The Morgan fingerprint density at radius 3 is 2.45 bits per heavy atom. The number of thioether (sulfide) groups is 1. The van der Waals surface area contributed by atoms with Crippen LogP contribution < -0.4 is 10.1 Å². The van der Waals surface area contributed by atoms with Gasteiger partial charge in [0.15, 0.2) is 0 Å². The number of hydrogen-bond acceptors (Lipinski definition) is 5. The van der Waals surface area contributed by atoms with E-state index in [1.54, 1.807) is 6.08 Å². The van der Waals surface area contributed by atoms with Gasteiger partial charge in [-0.15, -0.1) is 0 Å². The Labute approximate surface area is 173 Å². The summed E-state index contributed by atoms with van der Waals surface area (Å²) in [5.41, 5.74) is 0.865. The molecule has 0 radical (unpaired) electrons. The maximum absolute atomic E-state index is 12.4. The molecule has 0 unspecified atom stereocenters. The quantitative estimate of drug-likeness (QED) is 0.504. The van der Waals surface area contributed by atoms with E-state index in [4.69, 9.17) is 4.74 Å². The lowest BCUT2D eigenvalue weighted by Crippen LogP contribution is -2.37. The number of amides is 3. The highest BCUT2D eigenvalue weighted by molar-refractivity contribution is 8.18. The summed E-state index contributed by atoms with van der Waals surface area (Å²) in [6.45, 7) is 0.836. The molecule has 1 heterocycles. The van der Waals surface area contributed by atoms with Crippen molar-refractivity contribution in [1.29, 1.82) is 0 Å². The van der Waals surface area contributed by atoms with Crippen LogP contribution in [0.4, 0.5) is 4.79 Å². The largest absolute Gasteiger partial charge is 0.494 e. The fourth-order valence-electron chi connectivity index (χ4n) is 2.73. The van der Waals surface area contributed by atoms with Crippen molar-refractivity contribution in [1.82, 2.24) is 10.2 Å². The molecule has 0 atom stereocenters. The zero-order chi connectivity index (χ0) is 20.5. The molecule has 0 spiro atoms. The van der Waals surface area contributed by atoms with Crippen LogP contribution in [0.3, 0.4) is 0 Å². The third-order valence-corrected chi connectivity index (χ3v) is 5.10. The predicted octanol–water partition coefficient (Wildman–Crippen LogP) is 3.70. The Bertz CT molecular complexity index is 884. The summed E-state index contributed by atoms with van der Waals surface area (Å²) in [7, 11) is 0. The smallest absolute Gasteiger partial charge is 0.293 e. The van der Waals surface area contributed by atoms with Crippen LogP contribution in [0, 0.1) is 0 Å². The lowest BCUT2D eigenvalue weighted by atomic mass is 10.2. The van der Waals surface area contributed by atoms with Crippen molar-refractivity contribution in [3.05, 3.63) is 71.1 Å². The maximum Gasteiger partial charge on any atom is 0.293 e. The Morgan fingerprint density at radius 2 is 1.72 bits per heavy atom. The molecule has 7 heteroatoms. The van der Waals surface area contributed by atoms with Crippen molar-refractivity contribution in [3.63, 3.8) is 0 Å². The highest BCUT2D eigenvalue weighted by Gasteiger charge is 2.34. The summed E-state index contributed by atoms with van der Waals surface area (Å²) in [5, 5.41) is 2.43. The number of nitrogens with one attached hydrogen (secondary N) is 1. The summed E-state index contributed by atoms with van der Waals surface area (Å²) in [4.78, 5) is 38.0. The molecule has 1 aliphatic heterocycles. The number of carbonyl (C=O) groups is 3. The van der Waals surface area contributed by atoms with E-state index in [9.17, 15) is 14.4 Å². The Morgan fingerprint density at radius 1 is 1.03 bits per heavy atom. The maximum atomic E-state index is 12.4. The minimum Gasteiger partial charge on any atom is -0.494 e. The highest BCUT2D eigenvalue weighted by Crippen LogP contribution is 2.31. The molecule has 0 aromatic heterocycles. The van der Waals surface area contributed by atoms with Crippen LogP contribution in [-0.4, -0.2) is 41.6 Å². The van der Waals surface area contributed by atoms with Gasteiger partial charge in [0.2, 0.25) is 5.91 Å². The molecule has 1 fully saturated rings. The number of carbonyl (C=O) groups excluding carboxylic acids is 3.